The maximum absolute atomic E-state index is 12.3. The summed E-state index contributed by atoms with van der Waals surface area (Å²) >= 11 is 1.57. The summed E-state index contributed by atoms with van der Waals surface area (Å²) in [6, 6.07) is 15.5. The van der Waals surface area contributed by atoms with Crippen LogP contribution >= 0.6 is 11.3 Å². The highest BCUT2D eigenvalue weighted by atomic mass is 32.1. The molecular formula is C24H28N4O3S. The Hall–Kier alpha value is -3.36. The molecule has 32 heavy (non-hydrogen) atoms. The van der Waals surface area contributed by atoms with Crippen molar-refractivity contribution in [1.29, 1.82) is 0 Å². The van der Waals surface area contributed by atoms with Gasteiger partial charge in [-0.25, -0.2) is 4.79 Å². The molecule has 0 bridgehead atoms. The van der Waals surface area contributed by atoms with E-state index in [-0.39, 0.29) is 11.9 Å². The molecule has 3 rings (SSSR count). The number of ether oxygens (including phenoxy) is 1. The molecule has 0 saturated carbocycles. The first kappa shape index (κ1) is 23.3. The van der Waals surface area contributed by atoms with Gasteiger partial charge in [0.25, 0.3) is 5.91 Å². The van der Waals surface area contributed by atoms with Crippen molar-refractivity contribution in [1.82, 2.24) is 10.2 Å². The van der Waals surface area contributed by atoms with Gasteiger partial charge in [-0.15, -0.1) is 11.3 Å². The Bertz CT molecular complexity index is 985. The summed E-state index contributed by atoms with van der Waals surface area (Å²) < 4.78 is 5.70. The molecule has 2 aromatic carbocycles. The number of carbonyl (C=O) groups excluding carboxylic acids is 2. The van der Waals surface area contributed by atoms with Crippen molar-refractivity contribution in [2.45, 2.75) is 13.8 Å². The number of amides is 3. The Morgan fingerprint density at radius 3 is 2.06 bits per heavy atom. The molecule has 7 nitrogen and oxygen atoms in total. The zero-order chi connectivity index (χ0) is 22.8. The van der Waals surface area contributed by atoms with Gasteiger partial charge in [0.1, 0.15) is 11.5 Å². The number of likely N-dealkylation sites (N-methyl/N-ethyl adjacent to an activating group) is 1. The van der Waals surface area contributed by atoms with E-state index < -0.39 is 0 Å². The number of carbonyl (C=O) groups is 2. The normalized spacial score (nSPS) is 10.6. The van der Waals surface area contributed by atoms with Gasteiger partial charge in [-0.2, -0.15) is 0 Å². The van der Waals surface area contributed by atoms with Gasteiger partial charge in [-0.05, 0) is 73.1 Å². The topological polar surface area (TPSA) is 82.7 Å². The van der Waals surface area contributed by atoms with Crippen LogP contribution in [0.5, 0.6) is 11.5 Å². The van der Waals surface area contributed by atoms with E-state index >= 15 is 0 Å². The quantitative estimate of drug-likeness (QED) is 0.392. The number of hydrogen-bond donors (Lipinski definition) is 3. The standard InChI is InChI=1S/C24H28N4O3S/c1-3-28(4-2)15-14-25-23(29)18-5-7-19(8-6-18)26-24(30)27-20-9-11-21(12-10-20)31-22-13-16-32-17-22/h5-13,16-17H,3-4,14-15H2,1-2H3,(H,25,29)(H2,26,27,30). The van der Waals surface area contributed by atoms with Crippen LogP contribution in [0.15, 0.2) is 65.4 Å². The van der Waals surface area contributed by atoms with Crippen molar-refractivity contribution in [3.63, 3.8) is 0 Å². The lowest BCUT2D eigenvalue weighted by atomic mass is 10.2. The van der Waals surface area contributed by atoms with Gasteiger partial charge in [-0.1, -0.05) is 13.8 Å². The van der Waals surface area contributed by atoms with Crippen LogP contribution in [0, 0.1) is 0 Å². The summed E-state index contributed by atoms with van der Waals surface area (Å²) in [6.07, 6.45) is 0. The van der Waals surface area contributed by atoms with Crippen molar-refractivity contribution < 1.29 is 14.3 Å². The van der Waals surface area contributed by atoms with Crippen LogP contribution in [0.1, 0.15) is 24.2 Å². The third kappa shape index (κ3) is 7.11. The summed E-state index contributed by atoms with van der Waals surface area (Å²) in [5, 5.41) is 12.3. The van der Waals surface area contributed by atoms with Gasteiger partial charge in [0.05, 0.1) is 0 Å². The number of anilines is 2. The number of urea groups is 1. The SMILES string of the molecule is CCN(CC)CCNC(=O)c1ccc(NC(=O)Nc2ccc(Oc3ccsc3)cc2)cc1. The highest BCUT2D eigenvalue weighted by Gasteiger charge is 2.08. The number of benzene rings is 2. The monoisotopic (exact) mass is 452 g/mol. The molecule has 0 spiro atoms. The molecule has 0 aliphatic carbocycles. The molecule has 0 fully saturated rings. The Labute approximate surface area is 192 Å². The molecule has 0 aliphatic heterocycles. The van der Waals surface area contributed by atoms with E-state index in [0.29, 0.717) is 29.2 Å². The fourth-order valence-electron chi connectivity index (χ4n) is 3.02. The zero-order valence-corrected chi connectivity index (χ0v) is 19.1. The Balaban J connectivity index is 1.45. The predicted octanol–water partition coefficient (Wildman–Crippen LogP) is 5.26. The largest absolute Gasteiger partial charge is 0.457 e. The number of nitrogens with one attached hydrogen (secondary N) is 3. The lowest BCUT2D eigenvalue weighted by molar-refractivity contribution is 0.0949. The van der Waals surface area contributed by atoms with E-state index in [1.807, 2.05) is 16.8 Å². The summed E-state index contributed by atoms with van der Waals surface area (Å²) in [5.74, 6) is 1.35. The van der Waals surface area contributed by atoms with Gasteiger partial charge in [-0.3, -0.25) is 4.79 Å². The van der Waals surface area contributed by atoms with E-state index in [9.17, 15) is 9.59 Å². The molecular weight excluding hydrogens is 424 g/mol. The smallest absolute Gasteiger partial charge is 0.323 e. The maximum Gasteiger partial charge on any atom is 0.323 e. The number of nitrogens with zero attached hydrogens (tertiary/aromatic N) is 1. The highest BCUT2D eigenvalue weighted by Crippen LogP contribution is 2.24. The van der Waals surface area contributed by atoms with Gasteiger partial charge in [0.2, 0.25) is 0 Å². The first-order valence-corrected chi connectivity index (χ1v) is 11.5. The molecule has 1 heterocycles. The van der Waals surface area contributed by atoms with Crippen LogP contribution in [0.2, 0.25) is 0 Å². The number of thiophene rings is 1. The van der Waals surface area contributed by atoms with Crippen LogP contribution in [0.4, 0.5) is 16.2 Å². The molecule has 3 amide bonds. The van der Waals surface area contributed by atoms with Gasteiger partial charge < -0.3 is 25.6 Å². The molecule has 0 atom stereocenters. The minimum atomic E-state index is -0.368. The molecule has 0 aliphatic rings. The van der Waals surface area contributed by atoms with Crippen molar-refractivity contribution in [3.8, 4) is 11.5 Å². The molecule has 1 aromatic heterocycles. The van der Waals surface area contributed by atoms with Crippen molar-refractivity contribution in [2.75, 3.05) is 36.8 Å². The van der Waals surface area contributed by atoms with E-state index in [2.05, 4.69) is 34.7 Å². The summed E-state index contributed by atoms with van der Waals surface area (Å²) in [5.41, 5.74) is 1.79. The molecule has 0 radical (unpaired) electrons. The third-order valence-corrected chi connectivity index (χ3v) is 5.52. The summed E-state index contributed by atoms with van der Waals surface area (Å²) in [7, 11) is 0. The average Bonchev–Trinajstić information content (AvgIpc) is 3.31. The lowest BCUT2D eigenvalue weighted by Gasteiger charge is -2.18. The predicted molar refractivity (Wildman–Crippen MR) is 130 cm³/mol. The summed E-state index contributed by atoms with van der Waals surface area (Å²) in [4.78, 5) is 26.8. The molecule has 8 heteroatoms. The zero-order valence-electron chi connectivity index (χ0n) is 18.3. The van der Waals surface area contributed by atoms with Crippen LogP contribution in [0.25, 0.3) is 0 Å². The minimum Gasteiger partial charge on any atom is -0.457 e. The van der Waals surface area contributed by atoms with E-state index in [1.165, 1.54) is 0 Å². The molecule has 3 N–H and O–H groups in total. The second kappa shape index (κ2) is 11.9. The van der Waals surface area contributed by atoms with Gasteiger partial charge in [0, 0.05) is 35.4 Å². The first-order valence-electron chi connectivity index (χ1n) is 10.6. The maximum atomic E-state index is 12.3. The minimum absolute atomic E-state index is 0.127. The van der Waals surface area contributed by atoms with Crippen molar-refractivity contribution in [2.24, 2.45) is 0 Å². The lowest BCUT2D eigenvalue weighted by Crippen LogP contribution is -2.34. The van der Waals surface area contributed by atoms with Crippen LogP contribution < -0.4 is 20.7 Å². The molecule has 3 aromatic rings. The average molecular weight is 453 g/mol. The van der Waals surface area contributed by atoms with Crippen LogP contribution in [-0.4, -0.2) is 43.0 Å². The Morgan fingerprint density at radius 1 is 0.875 bits per heavy atom. The second-order valence-corrected chi connectivity index (χ2v) is 7.80. The third-order valence-electron chi connectivity index (χ3n) is 4.86. The van der Waals surface area contributed by atoms with Gasteiger partial charge >= 0.3 is 6.03 Å². The molecule has 0 unspecified atom stereocenters. The first-order chi connectivity index (χ1) is 15.6. The Morgan fingerprint density at radius 2 is 1.50 bits per heavy atom. The van der Waals surface area contributed by atoms with Crippen LogP contribution in [-0.2, 0) is 0 Å². The van der Waals surface area contributed by atoms with Crippen molar-refractivity contribution in [3.05, 3.63) is 70.9 Å². The number of rotatable bonds is 10. The van der Waals surface area contributed by atoms with E-state index in [1.54, 1.807) is 59.9 Å². The van der Waals surface area contributed by atoms with Crippen LogP contribution in [0.3, 0.4) is 0 Å². The number of hydrogen-bond acceptors (Lipinski definition) is 5. The highest BCUT2D eigenvalue weighted by molar-refractivity contribution is 7.08. The molecule has 0 saturated heterocycles. The summed E-state index contributed by atoms with van der Waals surface area (Å²) in [6.45, 7) is 7.54. The van der Waals surface area contributed by atoms with Crippen molar-refractivity contribution >= 4 is 34.6 Å². The second-order valence-electron chi connectivity index (χ2n) is 7.02. The van der Waals surface area contributed by atoms with Gasteiger partial charge in [0.15, 0.2) is 0 Å². The van der Waals surface area contributed by atoms with E-state index in [4.69, 9.17) is 4.74 Å². The fraction of sp³-hybridized carbons (Fsp3) is 0.250. The molecule has 168 valence electrons. The fourth-order valence-corrected chi connectivity index (χ4v) is 3.57. The Kier molecular flexibility index (Phi) is 8.65. The van der Waals surface area contributed by atoms with E-state index in [0.717, 1.165) is 25.4 Å².